The highest BCUT2D eigenvalue weighted by Gasteiger charge is 2.31. The molecule has 1 N–H and O–H groups in total. The minimum atomic E-state index is -0.875. The van der Waals surface area contributed by atoms with Crippen molar-refractivity contribution in [3.8, 4) is 0 Å². The molecular weight excluding hydrogens is 703 g/mol. The quantitative estimate of drug-likeness (QED) is 0.0285. The molecule has 0 aliphatic heterocycles. The van der Waals surface area contributed by atoms with E-state index < -0.39 is 18.1 Å². The molecule has 0 heterocycles. The molecule has 0 spiro atoms. The van der Waals surface area contributed by atoms with Gasteiger partial charge in [-0.1, -0.05) is 172 Å². The maximum atomic E-state index is 12.7. The molecule has 0 radical (unpaired) electrons. The molecule has 8 nitrogen and oxygen atoms in total. The number of likely N-dealkylation sites (N-methyl/N-ethyl adjacent to an activating group) is 1. The van der Waals surface area contributed by atoms with Crippen molar-refractivity contribution in [3.63, 3.8) is 0 Å². The minimum absolute atomic E-state index is 0.0509. The summed E-state index contributed by atoms with van der Waals surface area (Å²) < 4.78 is 17.3. The fraction of sp³-hybridized carbons (Fsp3) is 0.812. The number of hydrogen-bond donors (Lipinski definition) is 1. The Labute approximate surface area is 344 Å². The highest BCUT2D eigenvalue weighted by Crippen LogP contribution is 2.15. The van der Waals surface area contributed by atoms with Crippen molar-refractivity contribution in [2.45, 2.75) is 212 Å². The lowest BCUT2D eigenvalue weighted by atomic mass is 10.0. The number of carbonyl (C=O) groups is 3. The third kappa shape index (κ3) is 37.1. The summed E-state index contributed by atoms with van der Waals surface area (Å²) in [6.07, 6.45) is 44.7. The van der Waals surface area contributed by atoms with Crippen LogP contribution in [0.15, 0.2) is 36.5 Å². The van der Waals surface area contributed by atoms with E-state index in [0.717, 1.165) is 57.8 Å². The summed E-state index contributed by atoms with van der Waals surface area (Å²) in [6.45, 7) is 4.63. The smallest absolute Gasteiger partial charge is 0.362 e. The summed E-state index contributed by atoms with van der Waals surface area (Å²) in [4.78, 5) is 37.0. The highest BCUT2D eigenvalue weighted by atomic mass is 16.6. The lowest BCUT2D eigenvalue weighted by Gasteiger charge is -2.31. The molecule has 0 aliphatic carbocycles. The number of aliphatic carboxylic acids is 1. The van der Waals surface area contributed by atoms with Crippen LogP contribution in [0.1, 0.15) is 200 Å². The van der Waals surface area contributed by atoms with Gasteiger partial charge in [-0.25, -0.2) is 4.79 Å². The van der Waals surface area contributed by atoms with Crippen LogP contribution >= 0.6 is 0 Å². The third-order valence-electron chi connectivity index (χ3n) is 10.3. The molecule has 0 aliphatic rings. The van der Waals surface area contributed by atoms with Gasteiger partial charge in [0.1, 0.15) is 6.61 Å². The monoisotopic (exact) mass is 791 g/mol. The first-order valence-corrected chi connectivity index (χ1v) is 23.0. The number of nitrogens with zero attached hydrogens (tertiary/aromatic N) is 1. The fourth-order valence-electron chi connectivity index (χ4n) is 6.75. The van der Waals surface area contributed by atoms with E-state index in [0.29, 0.717) is 19.3 Å². The topological polar surface area (TPSA) is 99.1 Å². The number of carboxylic acid groups (broad SMARTS) is 1. The van der Waals surface area contributed by atoms with Gasteiger partial charge in [0.05, 0.1) is 34.4 Å². The third-order valence-corrected chi connectivity index (χ3v) is 10.3. The molecule has 2 unspecified atom stereocenters. The maximum absolute atomic E-state index is 12.7. The largest absolute Gasteiger partial charge is 0.477 e. The van der Waals surface area contributed by atoms with Gasteiger partial charge in [0.2, 0.25) is 0 Å². The number of rotatable bonds is 41. The van der Waals surface area contributed by atoms with Crippen LogP contribution in [0.25, 0.3) is 0 Å². The minimum Gasteiger partial charge on any atom is -0.477 e. The van der Waals surface area contributed by atoms with E-state index in [9.17, 15) is 19.5 Å². The van der Waals surface area contributed by atoms with E-state index in [-0.39, 0.29) is 36.2 Å². The second-order valence-corrected chi connectivity index (χ2v) is 16.6. The molecule has 0 aromatic rings. The molecule has 0 fully saturated rings. The predicted octanol–water partition coefficient (Wildman–Crippen LogP) is 12.6. The normalized spacial score (nSPS) is 13.2. The first kappa shape index (κ1) is 53.6. The van der Waals surface area contributed by atoms with E-state index >= 15 is 0 Å². The Morgan fingerprint density at radius 2 is 1.00 bits per heavy atom. The number of unbranched alkanes of at least 4 members (excludes halogenated alkanes) is 21. The molecule has 2 atom stereocenters. The maximum Gasteiger partial charge on any atom is 0.362 e. The summed E-state index contributed by atoms with van der Waals surface area (Å²) in [7, 11) is 5.53. The number of esters is 2. The van der Waals surface area contributed by atoms with Crippen LogP contribution < -0.4 is 0 Å². The molecular formula is C48H88NO7+. The zero-order valence-electron chi connectivity index (χ0n) is 37.1. The molecule has 0 saturated heterocycles. The SMILES string of the molecule is CC/C=C/C/C=C/C/C=C/CCCCCCCCCCCC(=O)OCC(COCCC(C(=O)O)[N+](C)(C)C)OC(=O)CCCCCCCCCCCCCCC. The number of quaternary nitrogens is 1. The van der Waals surface area contributed by atoms with Crippen molar-refractivity contribution in [1.29, 1.82) is 0 Å². The lowest BCUT2D eigenvalue weighted by Crippen LogP contribution is -2.50. The van der Waals surface area contributed by atoms with E-state index in [1.54, 1.807) is 0 Å². The van der Waals surface area contributed by atoms with Crippen molar-refractivity contribution in [2.75, 3.05) is 41.0 Å². The average molecular weight is 791 g/mol. The van der Waals surface area contributed by atoms with Gasteiger partial charge in [0, 0.05) is 19.3 Å². The van der Waals surface area contributed by atoms with Gasteiger partial charge in [-0.3, -0.25) is 9.59 Å². The summed E-state index contributed by atoms with van der Waals surface area (Å²) >= 11 is 0. The number of hydrogen-bond acceptors (Lipinski definition) is 6. The lowest BCUT2D eigenvalue weighted by molar-refractivity contribution is -0.887. The Balaban J connectivity index is 4.28. The van der Waals surface area contributed by atoms with E-state index in [1.165, 1.54) is 109 Å². The van der Waals surface area contributed by atoms with Gasteiger partial charge >= 0.3 is 17.9 Å². The molecule has 0 aromatic heterocycles. The first-order valence-electron chi connectivity index (χ1n) is 23.0. The van der Waals surface area contributed by atoms with E-state index in [4.69, 9.17) is 14.2 Å². The highest BCUT2D eigenvalue weighted by molar-refractivity contribution is 5.72. The molecule has 0 saturated carbocycles. The van der Waals surface area contributed by atoms with Gasteiger partial charge < -0.3 is 23.8 Å². The van der Waals surface area contributed by atoms with E-state index in [1.807, 2.05) is 21.1 Å². The van der Waals surface area contributed by atoms with Crippen LogP contribution in [-0.2, 0) is 28.6 Å². The number of ether oxygens (including phenoxy) is 3. The van der Waals surface area contributed by atoms with Crippen molar-refractivity contribution in [3.05, 3.63) is 36.5 Å². The Kier molecular flexibility index (Phi) is 37.7. The van der Waals surface area contributed by atoms with Crippen LogP contribution in [-0.4, -0.2) is 80.6 Å². The van der Waals surface area contributed by atoms with Gasteiger partial charge in [0.15, 0.2) is 12.1 Å². The summed E-state index contributed by atoms with van der Waals surface area (Å²) in [6, 6.07) is -0.613. The van der Waals surface area contributed by atoms with Crippen LogP contribution in [0.3, 0.4) is 0 Å². The van der Waals surface area contributed by atoms with Crippen molar-refractivity contribution in [1.82, 2.24) is 0 Å². The molecule has 8 heteroatoms. The molecule has 326 valence electrons. The van der Waals surface area contributed by atoms with Crippen LogP contribution in [0, 0.1) is 0 Å². The van der Waals surface area contributed by atoms with E-state index in [2.05, 4.69) is 50.3 Å². The average Bonchev–Trinajstić information content (AvgIpc) is 3.15. The molecule has 0 amide bonds. The Morgan fingerprint density at radius 3 is 1.48 bits per heavy atom. The number of allylic oxidation sites excluding steroid dienone is 6. The zero-order valence-corrected chi connectivity index (χ0v) is 37.1. The zero-order chi connectivity index (χ0) is 41.4. The number of carboxylic acids is 1. The standard InChI is InChI=1S/C48H87NO7/c1-6-8-10-12-14-16-18-20-21-22-23-24-25-27-28-30-32-34-36-38-46(50)55-43-44(42-54-41-40-45(48(52)53)49(3,4)5)56-47(51)39-37-35-33-31-29-26-19-17-15-13-11-9-7-2/h8,10,14,16,20-21,44-45H,6-7,9,11-13,15,17-19,22-43H2,1-5H3/p+1/b10-8+,16-14+,21-20+. The molecule has 56 heavy (non-hydrogen) atoms. The van der Waals surface area contributed by atoms with Gasteiger partial charge in [-0.15, -0.1) is 0 Å². The second-order valence-electron chi connectivity index (χ2n) is 16.6. The fourth-order valence-corrected chi connectivity index (χ4v) is 6.75. The van der Waals surface area contributed by atoms with Crippen molar-refractivity contribution >= 4 is 17.9 Å². The Bertz CT molecular complexity index is 1020. The van der Waals surface area contributed by atoms with Crippen LogP contribution in [0.4, 0.5) is 0 Å². The van der Waals surface area contributed by atoms with Crippen molar-refractivity contribution < 1.29 is 38.2 Å². The second kappa shape index (κ2) is 39.4. The predicted molar refractivity (Wildman–Crippen MR) is 234 cm³/mol. The summed E-state index contributed by atoms with van der Waals surface area (Å²) in [5.41, 5.74) is 0. The Morgan fingerprint density at radius 1 is 0.554 bits per heavy atom. The van der Waals surface area contributed by atoms with Crippen LogP contribution in [0.5, 0.6) is 0 Å². The summed E-state index contributed by atoms with van der Waals surface area (Å²) in [5, 5.41) is 9.62. The van der Waals surface area contributed by atoms with Gasteiger partial charge in [-0.05, 0) is 44.9 Å². The van der Waals surface area contributed by atoms with Gasteiger partial charge in [-0.2, -0.15) is 0 Å². The Hall–Kier alpha value is -2.45. The summed E-state index contributed by atoms with van der Waals surface area (Å²) in [5.74, 6) is -1.47. The first-order chi connectivity index (χ1) is 27.1. The number of carbonyl (C=O) groups excluding carboxylic acids is 2. The molecule has 0 aromatic carbocycles. The molecule has 0 bridgehead atoms. The molecule has 0 rings (SSSR count). The van der Waals surface area contributed by atoms with Crippen molar-refractivity contribution in [2.24, 2.45) is 0 Å². The van der Waals surface area contributed by atoms with Crippen LogP contribution in [0.2, 0.25) is 0 Å². The van der Waals surface area contributed by atoms with Gasteiger partial charge in [0.25, 0.3) is 0 Å².